The van der Waals surface area contributed by atoms with Crippen molar-refractivity contribution in [2.24, 2.45) is 0 Å². The minimum absolute atomic E-state index is 0.0879. The van der Waals surface area contributed by atoms with E-state index in [1.807, 2.05) is 0 Å². The number of esters is 4. The molecule has 1 aromatic heterocycles. The van der Waals surface area contributed by atoms with E-state index < -0.39 is 48.8 Å². The number of hydrogen-bond donors (Lipinski definition) is 2. The summed E-state index contributed by atoms with van der Waals surface area (Å²) in [7, 11) is 0. The van der Waals surface area contributed by atoms with Gasteiger partial charge in [0.2, 0.25) is 0 Å². The van der Waals surface area contributed by atoms with Crippen LogP contribution in [0.4, 0.5) is 0 Å². The third-order valence-electron chi connectivity index (χ3n) is 3.62. The summed E-state index contributed by atoms with van der Waals surface area (Å²) in [4.78, 5) is 49.4. The Labute approximate surface area is 162 Å². The number of aromatic nitrogens is 1. The van der Waals surface area contributed by atoms with Crippen LogP contribution in [-0.4, -0.2) is 59.4 Å². The first-order chi connectivity index (χ1) is 13.1. The van der Waals surface area contributed by atoms with E-state index in [4.69, 9.17) is 18.9 Å². The standard InChI is InChI=1S/C18H25NO9/c1-6-25-18(24)15-9(2)19-7-13(15)16(27-11(4)21)17(28-12(5)22)14(23)8-26-10(3)20/h7,14,16-17,19,23H,6,8H2,1-5H3/t14-,16-,17-/m1/s1. The number of rotatable bonds is 9. The molecule has 0 saturated carbocycles. The molecule has 2 N–H and O–H groups in total. The lowest BCUT2D eigenvalue weighted by Crippen LogP contribution is -2.41. The largest absolute Gasteiger partial charge is 0.463 e. The maximum absolute atomic E-state index is 12.3. The molecule has 0 aliphatic carbocycles. The van der Waals surface area contributed by atoms with E-state index in [0.29, 0.717) is 5.69 Å². The Balaban J connectivity index is 3.39. The molecule has 10 nitrogen and oxygen atoms in total. The molecule has 10 heteroatoms. The zero-order valence-corrected chi connectivity index (χ0v) is 16.4. The number of H-pyrrole nitrogens is 1. The van der Waals surface area contributed by atoms with E-state index in [1.165, 1.54) is 6.20 Å². The van der Waals surface area contributed by atoms with Gasteiger partial charge in [0.25, 0.3) is 0 Å². The summed E-state index contributed by atoms with van der Waals surface area (Å²) in [6.45, 7) is 6.22. The minimum atomic E-state index is -1.53. The molecule has 1 aromatic rings. The van der Waals surface area contributed by atoms with Gasteiger partial charge < -0.3 is 29.0 Å². The third-order valence-corrected chi connectivity index (χ3v) is 3.62. The van der Waals surface area contributed by atoms with Crippen molar-refractivity contribution in [2.75, 3.05) is 13.2 Å². The van der Waals surface area contributed by atoms with Crippen LogP contribution in [-0.2, 0) is 33.3 Å². The van der Waals surface area contributed by atoms with Gasteiger partial charge in [0.05, 0.1) is 12.2 Å². The summed E-state index contributed by atoms with van der Waals surface area (Å²) in [6, 6.07) is 0. The lowest BCUT2D eigenvalue weighted by Gasteiger charge is -2.29. The Morgan fingerprint density at radius 2 is 1.64 bits per heavy atom. The fourth-order valence-electron chi connectivity index (χ4n) is 2.56. The Bertz CT molecular complexity index is 725. The predicted octanol–water partition coefficient (Wildman–Crippen LogP) is 0.960. The molecule has 156 valence electrons. The van der Waals surface area contributed by atoms with Gasteiger partial charge in [0.15, 0.2) is 12.2 Å². The SMILES string of the molecule is CCOC(=O)c1c([C@@H](OC(C)=O)[C@H](OC(C)=O)[C@H](O)COC(C)=O)c[nH]c1C. The van der Waals surface area contributed by atoms with Crippen LogP contribution in [0.25, 0.3) is 0 Å². The van der Waals surface area contributed by atoms with E-state index in [-0.39, 0.29) is 17.7 Å². The summed E-state index contributed by atoms with van der Waals surface area (Å²) in [5.41, 5.74) is 0.672. The fraction of sp³-hybridized carbons (Fsp3) is 0.556. The zero-order chi connectivity index (χ0) is 21.4. The molecule has 0 spiro atoms. The van der Waals surface area contributed by atoms with Crippen LogP contribution in [0.1, 0.15) is 55.4 Å². The van der Waals surface area contributed by atoms with E-state index >= 15 is 0 Å². The maximum Gasteiger partial charge on any atom is 0.340 e. The second kappa shape index (κ2) is 10.5. The number of carbonyl (C=O) groups excluding carboxylic acids is 4. The fourth-order valence-corrected chi connectivity index (χ4v) is 2.56. The molecule has 0 amide bonds. The minimum Gasteiger partial charge on any atom is -0.463 e. The summed E-state index contributed by atoms with van der Waals surface area (Å²) in [6.07, 6.45) is -2.92. The van der Waals surface area contributed by atoms with E-state index in [9.17, 15) is 24.3 Å². The van der Waals surface area contributed by atoms with Crippen LogP contribution in [0.2, 0.25) is 0 Å². The molecule has 0 unspecified atom stereocenters. The van der Waals surface area contributed by atoms with Gasteiger partial charge in [-0.25, -0.2) is 4.79 Å². The number of carbonyl (C=O) groups is 4. The van der Waals surface area contributed by atoms with Crippen LogP contribution in [0.3, 0.4) is 0 Å². The van der Waals surface area contributed by atoms with Crippen LogP contribution >= 0.6 is 0 Å². The quantitative estimate of drug-likeness (QED) is 0.458. The highest BCUT2D eigenvalue weighted by Crippen LogP contribution is 2.31. The monoisotopic (exact) mass is 399 g/mol. The molecule has 0 aromatic carbocycles. The first kappa shape index (κ1) is 23.2. The summed E-state index contributed by atoms with van der Waals surface area (Å²) in [5.74, 6) is -2.84. The van der Waals surface area contributed by atoms with Gasteiger partial charge in [0, 0.05) is 38.2 Å². The molecule has 3 atom stereocenters. The van der Waals surface area contributed by atoms with Gasteiger partial charge in [-0.15, -0.1) is 0 Å². The molecular weight excluding hydrogens is 374 g/mol. The molecule has 0 aliphatic heterocycles. The summed E-state index contributed by atoms with van der Waals surface area (Å²) >= 11 is 0. The van der Waals surface area contributed by atoms with Crippen LogP contribution in [0, 0.1) is 6.92 Å². The maximum atomic E-state index is 12.3. The molecule has 0 saturated heterocycles. The van der Waals surface area contributed by atoms with Gasteiger partial charge in [-0.1, -0.05) is 0 Å². The van der Waals surface area contributed by atoms with Crippen molar-refractivity contribution in [3.8, 4) is 0 Å². The first-order valence-corrected chi connectivity index (χ1v) is 8.59. The van der Waals surface area contributed by atoms with E-state index in [2.05, 4.69) is 4.98 Å². The molecule has 0 bridgehead atoms. The van der Waals surface area contributed by atoms with Crippen molar-refractivity contribution in [3.05, 3.63) is 23.0 Å². The van der Waals surface area contributed by atoms with Gasteiger partial charge in [0.1, 0.15) is 12.7 Å². The van der Waals surface area contributed by atoms with E-state index in [1.54, 1.807) is 13.8 Å². The number of hydrogen-bond acceptors (Lipinski definition) is 9. The van der Waals surface area contributed by atoms with Crippen molar-refractivity contribution in [3.63, 3.8) is 0 Å². The predicted molar refractivity (Wildman–Crippen MR) is 94.2 cm³/mol. The van der Waals surface area contributed by atoms with Crippen LogP contribution in [0.5, 0.6) is 0 Å². The lowest BCUT2D eigenvalue weighted by atomic mass is 9.98. The summed E-state index contributed by atoms with van der Waals surface area (Å²) < 4.78 is 20.2. The summed E-state index contributed by atoms with van der Waals surface area (Å²) in [5, 5.41) is 10.4. The average molecular weight is 399 g/mol. The molecule has 1 heterocycles. The average Bonchev–Trinajstić information content (AvgIpc) is 2.97. The Morgan fingerprint density at radius 3 is 2.14 bits per heavy atom. The van der Waals surface area contributed by atoms with E-state index in [0.717, 1.165) is 20.8 Å². The number of ether oxygens (including phenoxy) is 4. The molecule has 0 aliphatic rings. The van der Waals surface area contributed by atoms with Gasteiger partial charge >= 0.3 is 23.9 Å². The second-order valence-corrected chi connectivity index (χ2v) is 5.94. The molecule has 0 fully saturated rings. The normalized spacial score (nSPS) is 13.8. The first-order valence-electron chi connectivity index (χ1n) is 8.59. The number of aromatic amines is 1. The Hall–Kier alpha value is -2.88. The number of aliphatic hydroxyl groups excluding tert-OH is 1. The third kappa shape index (κ3) is 6.38. The molecule has 1 rings (SSSR count). The second-order valence-electron chi connectivity index (χ2n) is 5.94. The van der Waals surface area contributed by atoms with Gasteiger partial charge in [-0.3, -0.25) is 14.4 Å². The van der Waals surface area contributed by atoms with Gasteiger partial charge in [-0.05, 0) is 13.8 Å². The number of nitrogens with one attached hydrogen (secondary N) is 1. The number of aliphatic hydroxyl groups is 1. The molecule has 28 heavy (non-hydrogen) atoms. The van der Waals surface area contributed by atoms with Crippen LogP contribution < -0.4 is 0 Å². The molecular formula is C18H25NO9. The van der Waals surface area contributed by atoms with Crippen molar-refractivity contribution >= 4 is 23.9 Å². The van der Waals surface area contributed by atoms with Gasteiger partial charge in [-0.2, -0.15) is 0 Å². The van der Waals surface area contributed by atoms with Crippen molar-refractivity contribution in [2.45, 2.75) is 52.9 Å². The van der Waals surface area contributed by atoms with Crippen molar-refractivity contribution in [1.82, 2.24) is 4.98 Å². The highest BCUT2D eigenvalue weighted by Gasteiger charge is 2.39. The Kier molecular flexibility index (Phi) is 8.65. The Morgan fingerprint density at radius 1 is 1.04 bits per heavy atom. The highest BCUT2D eigenvalue weighted by atomic mass is 16.6. The van der Waals surface area contributed by atoms with Crippen LogP contribution in [0.15, 0.2) is 6.20 Å². The number of aryl methyl sites for hydroxylation is 1. The molecule has 0 radical (unpaired) electrons. The lowest BCUT2D eigenvalue weighted by molar-refractivity contribution is -0.180. The topological polar surface area (TPSA) is 141 Å². The highest BCUT2D eigenvalue weighted by molar-refractivity contribution is 5.92. The van der Waals surface area contributed by atoms with Crippen molar-refractivity contribution in [1.29, 1.82) is 0 Å². The smallest absolute Gasteiger partial charge is 0.340 e. The zero-order valence-electron chi connectivity index (χ0n) is 16.4. The van der Waals surface area contributed by atoms with Crippen molar-refractivity contribution < 1.29 is 43.2 Å².